The van der Waals surface area contributed by atoms with Crippen molar-refractivity contribution in [2.45, 2.75) is 111 Å². The molecule has 0 atom stereocenters. The quantitative estimate of drug-likeness (QED) is 0.197. The van der Waals surface area contributed by atoms with Gasteiger partial charge in [-0.05, 0) is 50.3 Å². The summed E-state index contributed by atoms with van der Waals surface area (Å²) in [5, 5.41) is 0. The molecule has 0 aromatic rings. The summed E-state index contributed by atoms with van der Waals surface area (Å²) in [5.74, 6) is 0. The van der Waals surface area contributed by atoms with Gasteiger partial charge in [0.1, 0.15) is 6.54 Å². The second-order valence-electron chi connectivity index (χ2n) is 8.35. The summed E-state index contributed by atoms with van der Waals surface area (Å²) in [6.45, 7) is 10.8. The molecule has 0 aromatic heterocycles. The van der Waals surface area contributed by atoms with Crippen molar-refractivity contribution >= 4 is 0 Å². The first kappa shape index (κ1) is 22.5. The highest BCUT2D eigenvalue weighted by Gasteiger charge is 2.24. The summed E-state index contributed by atoms with van der Waals surface area (Å²) in [6.07, 6.45) is 27.2. The van der Waals surface area contributed by atoms with Crippen molar-refractivity contribution in [3.63, 3.8) is 0 Å². The number of hydrogen-bond donors (Lipinski definition) is 0. The molecule has 0 aromatic carbocycles. The highest BCUT2D eigenvalue weighted by atomic mass is 15.3. The molecule has 1 aliphatic rings. The number of nitrogens with zero attached hydrogens (tertiary/aromatic N) is 1. The van der Waals surface area contributed by atoms with Gasteiger partial charge in [0.15, 0.2) is 0 Å². The second kappa shape index (κ2) is 14.6. The molecule has 1 heterocycles. The molecule has 25 heavy (non-hydrogen) atoms. The number of quaternary nitrogens is 1. The van der Waals surface area contributed by atoms with E-state index in [-0.39, 0.29) is 0 Å². The Bertz CT molecular complexity index is 348. The van der Waals surface area contributed by atoms with Crippen LogP contribution >= 0.6 is 0 Å². The molecule has 0 aliphatic carbocycles. The number of allylic oxidation sites excluding steroid dienone is 2. The van der Waals surface area contributed by atoms with Gasteiger partial charge in [-0.3, -0.25) is 4.48 Å². The normalized spacial score (nSPS) is 16.2. The lowest BCUT2D eigenvalue weighted by molar-refractivity contribution is -0.875. The molecule has 146 valence electrons. The fourth-order valence-corrected chi connectivity index (χ4v) is 3.94. The van der Waals surface area contributed by atoms with Gasteiger partial charge in [-0.25, -0.2) is 0 Å². The summed E-state index contributed by atoms with van der Waals surface area (Å²) < 4.78 is 1.22. The Morgan fingerprint density at radius 1 is 0.680 bits per heavy atom. The summed E-state index contributed by atoms with van der Waals surface area (Å²) >= 11 is 0. The third-order valence-corrected chi connectivity index (χ3v) is 5.84. The zero-order valence-corrected chi connectivity index (χ0v) is 17.7. The lowest BCUT2D eigenvalue weighted by Crippen LogP contribution is -2.45. The van der Waals surface area contributed by atoms with Gasteiger partial charge >= 0.3 is 0 Å². The summed E-state index contributed by atoms with van der Waals surface area (Å²) in [5.41, 5.74) is 1.45. The van der Waals surface area contributed by atoms with Gasteiger partial charge in [0.05, 0.1) is 19.3 Å². The minimum Gasteiger partial charge on any atom is -0.294 e. The summed E-state index contributed by atoms with van der Waals surface area (Å²) in [6, 6.07) is 0. The van der Waals surface area contributed by atoms with E-state index >= 15 is 0 Å². The lowest BCUT2D eigenvalue weighted by atomic mass is 10.1. The van der Waals surface area contributed by atoms with E-state index in [9.17, 15) is 0 Å². The highest BCUT2D eigenvalue weighted by molar-refractivity contribution is 5.16. The van der Waals surface area contributed by atoms with Gasteiger partial charge in [-0.2, -0.15) is 0 Å². The third kappa shape index (κ3) is 10.9. The molecule has 1 aliphatic heterocycles. The molecule has 0 unspecified atom stereocenters. The Hall–Kier alpha value is -0.560. The van der Waals surface area contributed by atoms with E-state index < -0.39 is 0 Å². The van der Waals surface area contributed by atoms with E-state index in [4.69, 9.17) is 0 Å². The van der Waals surface area contributed by atoms with Crippen LogP contribution in [0.3, 0.4) is 0 Å². The average Bonchev–Trinajstić information content (AvgIpc) is 2.63. The van der Waals surface area contributed by atoms with Gasteiger partial charge in [-0.15, -0.1) is 0 Å². The van der Waals surface area contributed by atoms with E-state index in [1.54, 1.807) is 0 Å². The molecule has 0 bridgehead atoms. The first-order valence-corrected chi connectivity index (χ1v) is 11.4. The van der Waals surface area contributed by atoms with Crippen LogP contribution in [-0.2, 0) is 0 Å². The minimum atomic E-state index is 1.22. The molecule has 1 nitrogen and oxygen atoms in total. The zero-order chi connectivity index (χ0) is 18.2. The van der Waals surface area contributed by atoms with Crippen molar-refractivity contribution < 1.29 is 4.48 Å². The van der Waals surface area contributed by atoms with Crippen LogP contribution in [-0.4, -0.2) is 24.1 Å². The van der Waals surface area contributed by atoms with Crippen LogP contribution in [0.1, 0.15) is 111 Å². The average molecular weight is 349 g/mol. The Morgan fingerprint density at radius 2 is 1.12 bits per heavy atom. The molecule has 0 amide bonds. The highest BCUT2D eigenvalue weighted by Crippen LogP contribution is 2.21. The van der Waals surface area contributed by atoms with E-state index in [2.05, 4.69) is 39.1 Å². The van der Waals surface area contributed by atoms with Crippen LogP contribution in [0.15, 0.2) is 23.9 Å². The Kier molecular flexibility index (Phi) is 13.1. The van der Waals surface area contributed by atoms with Crippen molar-refractivity contribution in [2.75, 3.05) is 19.6 Å². The van der Waals surface area contributed by atoms with Gasteiger partial charge in [0.2, 0.25) is 0 Å². The first-order chi connectivity index (χ1) is 12.2. The van der Waals surface area contributed by atoms with Crippen LogP contribution in [0.4, 0.5) is 0 Å². The van der Waals surface area contributed by atoms with Crippen molar-refractivity contribution in [1.29, 1.82) is 0 Å². The van der Waals surface area contributed by atoms with E-state index in [1.165, 1.54) is 120 Å². The lowest BCUT2D eigenvalue weighted by Gasteiger charge is -2.36. The van der Waals surface area contributed by atoms with Crippen LogP contribution in [0, 0.1) is 0 Å². The van der Waals surface area contributed by atoms with Crippen molar-refractivity contribution in [3.05, 3.63) is 23.9 Å². The monoisotopic (exact) mass is 348 g/mol. The number of unbranched alkanes of at least 4 members (excludes halogenated alkanes) is 12. The predicted molar refractivity (Wildman–Crippen MR) is 114 cm³/mol. The number of hydrogen-bond acceptors (Lipinski definition) is 0. The van der Waals surface area contributed by atoms with E-state index in [0.717, 1.165) is 0 Å². The smallest absolute Gasteiger partial charge is 0.102 e. The molecule has 0 saturated carbocycles. The van der Waals surface area contributed by atoms with E-state index in [1.807, 2.05) is 0 Å². The Labute approximate surface area is 159 Å². The van der Waals surface area contributed by atoms with Gasteiger partial charge in [-0.1, -0.05) is 78.1 Å². The maximum absolute atomic E-state index is 2.52. The van der Waals surface area contributed by atoms with Crippen molar-refractivity contribution in [3.8, 4) is 0 Å². The van der Waals surface area contributed by atoms with Crippen molar-refractivity contribution in [1.82, 2.24) is 0 Å². The second-order valence-corrected chi connectivity index (χ2v) is 8.35. The SMILES string of the molecule is CCCCCCCCC[N+]1(CCCCCCCCC)C=CC(C)=CC1. The molecular formula is C24H46N+. The molecule has 0 spiro atoms. The Balaban J connectivity index is 2.23. The summed E-state index contributed by atoms with van der Waals surface area (Å²) in [4.78, 5) is 0. The molecule has 0 N–H and O–H groups in total. The molecule has 1 rings (SSSR count). The Morgan fingerprint density at radius 3 is 1.52 bits per heavy atom. The zero-order valence-electron chi connectivity index (χ0n) is 17.7. The van der Waals surface area contributed by atoms with Gasteiger partial charge < -0.3 is 0 Å². The van der Waals surface area contributed by atoms with Crippen LogP contribution in [0.5, 0.6) is 0 Å². The fraction of sp³-hybridized carbons (Fsp3) is 0.833. The van der Waals surface area contributed by atoms with Gasteiger partial charge in [0, 0.05) is 0 Å². The predicted octanol–water partition coefficient (Wildman–Crippen LogP) is 7.78. The van der Waals surface area contributed by atoms with Crippen LogP contribution < -0.4 is 0 Å². The standard InChI is InChI=1S/C24H46N/c1-4-6-8-10-12-14-16-20-25(22-18-24(3)19-23-25)21-17-15-13-11-9-7-5-2/h18-19,22H,4-17,20-21,23H2,1-3H3/q+1. The molecule has 1 heteroatoms. The first-order valence-electron chi connectivity index (χ1n) is 11.4. The largest absolute Gasteiger partial charge is 0.294 e. The molecule has 0 fully saturated rings. The van der Waals surface area contributed by atoms with Gasteiger partial charge in [0.25, 0.3) is 0 Å². The maximum atomic E-state index is 2.52. The minimum absolute atomic E-state index is 1.22. The fourth-order valence-electron chi connectivity index (χ4n) is 3.94. The molecule has 0 radical (unpaired) electrons. The van der Waals surface area contributed by atoms with Crippen LogP contribution in [0.25, 0.3) is 0 Å². The maximum Gasteiger partial charge on any atom is 0.102 e. The molecule has 0 saturated heterocycles. The van der Waals surface area contributed by atoms with Crippen molar-refractivity contribution in [2.24, 2.45) is 0 Å². The summed E-state index contributed by atoms with van der Waals surface area (Å²) in [7, 11) is 0. The third-order valence-electron chi connectivity index (χ3n) is 5.84. The van der Waals surface area contributed by atoms with Crippen LogP contribution in [0.2, 0.25) is 0 Å². The molecular weight excluding hydrogens is 302 g/mol. The van der Waals surface area contributed by atoms with E-state index in [0.29, 0.717) is 0 Å². The number of rotatable bonds is 16. The topological polar surface area (TPSA) is 0 Å².